The van der Waals surface area contributed by atoms with Crippen LogP contribution in [0.15, 0.2) is 0 Å². The highest BCUT2D eigenvalue weighted by Gasteiger charge is 2.36. The van der Waals surface area contributed by atoms with E-state index < -0.39 is 10.2 Å². The van der Waals surface area contributed by atoms with Gasteiger partial charge in [-0.15, -0.1) is 0 Å². The van der Waals surface area contributed by atoms with Crippen LogP contribution in [-0.2, 0) is 10.2 Å². The molecule has 6 heteroatoms. The molecular weight excluding hydrogens is 262 g/mol. The molecule has 2 aliphatic rings. The molecule has 0 aromatic heterocycles. The molecule has 1 aliphatic carbocycles. The summed E-state index contributed by atoms with van der Waals surface area (Å²) in [5.41, 5.74) is 6.02. The van der Waals surface area contributed by atoms with Crippen molar-refractivity contribution in [1.82, 2.24) is 8.61 Å². The zero-order valence-electron chi connectivity index (χ0n) is 12.1. The maximum atomic E-state index is 12.6. The van der Waals surface area contributed by atoms with Gasteiger partial charge in [0.25, 0.3) is 10.2 Å². The van der Waals surface area contributed by atoms with Crippen LogP contribution in [0, 0.1) is 5.92 Å². The van der Waals surface area contributed by atoms with Gasteiger partial charge in [0.15, 0.2) is 0 Å². The molecule has 2 fully saturated rings. The minimum Gasteiger partial charge on any atom is -0.326 e. The summed E-state index contributed by atoms with van der Waals surface area (Å²) < 4.78 is 28.4. The zero-order chi connectivity index (χ0) is 14.0. The Bertz CT molecular complexity index is 385. The lowest BCUT2D eigenvalue weighted by atomic mass is 9.96. The van der Waals surface area contributed by atoms with Gasteiger partial charge in [-0.2, -0.15) is 17.0 Å². The number of rotatable bonds is 3. The predicted molar refractivity (Wildman–Crippen MR) is 76.9 cm³/mol. The molecule has 112 valence electrons. The summed E-state index contributed by atoms with van der Waals surface area (Å²) in [5.74, 6) is 0.409. The maximum Gasteiger partial charge on any atom is 0.282 e. The van der Waals surface area contributed by atoms with E-state index in [-0.39, 0.29) is 12.1 Å². The van der Waals surface area contributed by atoms with Crippen LogP contribution >= 0.6 is 0 Å². The highest BCUT2D eigenvalue weighted by molar-refractivity contribution is 7.86. The molecule has 5 nitrogen and oxygen atoms in total. The van der Waals surface area contributed by atoms with E-state index in [1.54, 1.807) is 15.7 Å². The lowest BCUT2D eigenvalue weighted by molar-refractivity contribution is 0.219. The molecule has 2 atom stereocenters. The molecule has 1 saturated heterocycles. The van der Waals surface area contributed by atoms with Crippen molar-refractivity contribution < 1.29 is 8.42 Å². The lowest BCUT2D eigenvalue weighted by Crippen LogP contribution is -2.54. The third-order valence-corrected chi connectivity index (χ3v) is 6.77. The molecule has 19 heavy (non-hydrogen) atoms. The molecular formula is C13H27N3O2S. The first-order valence-corrected chi connectivity index (χ1v) is 8.81. The summed E-state index contributed by atoms with van der Waals surface area (Å²) in [6.07, 6.45) is 6.36. The second kappa shape index (κ2) is 6.08. The monoisotopic (exact) mass is 289 g/mol. The quantitative estimate of drug-likeness (QED) is 0.848. The van der Waals surface area contributed by atoms with Gasteiger partial charge in [0.2, 0.25) is 0 Å². The molecule has 2 rings (SSSR count). The fraction of sp³-hybridized carbons (Fsp3) is 1.00. The predicted octanol–water partition coefficient (Wildman–Crippen LogP) is 1.16. The van der Waals surface area contributed by atoms with Crippen molar-refractivity contribution >= 4 is 10.2 Å². The molecule has 0 spiro atoms. The van der Waals surface area contributed by atoms with Crippen LogP contribution < -0.4 is 5.73 Å². The highest BCUT2D eigenvalue weighted by Crippen LogP contribution is 2.26. The Labute approximate surface area is 117 Å². The first-order valence-electron chi connectivity index (χ1n) is 7.41. The average Bonchev–Trinajstić information content (AvgIpc) is 2.41. The van der Waals surface area contributed by atoms with Crippen LogP contribution in [0.1, 0.15) is 45.4 Å². The van der Waals surface area contributed by atoms with Gasteiger partial charge in [-0.05, 0) is 25.2 Å². The Balaban J connectivity index is 2.04. The van der Waals surface area contributed by atoms with E-state index in [0.29, 0.717) is 19.0 Å². The maximum absolute atomic E-state index is 12.6. The van der Waals surface area contributed by atoms with E-state index in [0.717, 1.165) is 32.1 Å². The lowest BCUT2D eigenvalue weighted by Gasteiger charge is -2.39. The van der Waals surface area contributed by atoms with Crippen molar-refractivity contribution in [3.63, 3.8) is 0 Å². The van der Waals surface area contributed by atoms with Crippen molar-refractivity contribution in [2.24, 2.45) is 11.7 Å². The first kappa shape index (κ1) is 15.2. The van der Waals surface area contributed by atoms with Crippen LogP contribution in [0.5, 0.6) is 0 Å². The van der Waals surface area contributed by atoms with Gasteiger partial charge in [0, 0.05) is 32.2 Å². The second-order valence-electron chi connectivity index (χ2n) is 6.10. The number of nitrogens with two attached hydrogens (primary N) is 1. The third-order valence-electron chi connectivity index (χ3n) is 4.76. The molecule has 2 unspecified atom stereocenters. The third kappa shape index (κ3) is 3.29. The molecule has 2 N–H and O–H groups in total. The van der Waals surface area contributed by atoms with Crippen molar-refractivity contribution in [3.8, 4) is 0 Å². The average molecular weight is 289 g/mol. The Kier molecular flexibility index (Phi) is 4.87. The Morgan fingerprint density at radius 1 is 1.16 bits per heavy atom. The van der Waals surface area contributed by atoms with E-state index in [2.05, 4.69) is 6.92 Å². The van der Waals surface area contributed by atoms with E-state index in [1.807, 2.05) is 0 Å². The van der Waals surface area contributed by atoms with Gasteiger partial charge in [-0.1, -0.05) is 26.2 Å². The standard InChI is InChI=1S/C13H27N3O2S/c1-11-8-9-16(10-13(11)14)19(17,18)15(2)12-6-4-3-5-7-12/h11-13H,3-10,14H2,1-2H3. The van der Waals surface area contributed by atoms with E-state index in [4.69, 9.17) is 5.73 Å². The number of hydrogen-bond acceptors (Lipinski definition) is 3. The number of piperidine rings is 1. The second-order valence-corrected chi connectivity index (χ2v) is 8.09. The van der Waals surface area contributed by atoms with Crippen LogP contribution in [0.2, 0.25) is 0 Å². The fourth-order valence-corrected chi connectivity index (χ4v) is 4.74. The summed E-state index contributed by atoms with van der Waals surface area (Å²) in [5, 5.41) is 0. The van der Waals surface area contributed by atoms with E-state index in [9.17, 15) is 8.42 Å². The van der Waals surface area contributed by atoms with E-state index in [1.165, 1.54) is 6.42 Å². The van der Waals surface area contributed by atoms with Crippen molar-refractivity contribution in [2.45, 2.75) is 57.5 Å². The molecule has 0 aromatic rings. The Morgan fingerprint density at radius 3 is 2.37 bits per heavy atom. The minimum atomic E-state index is -3.33. The van der Waals surface area contributed by atoms with Gasteiger partial charge < -0.3 is 5.73 Å². The molecule has 0 radical (unpaired) electrons. The normalized spacial score (nSPS) is 31.8. The molecule has 1 aliphatic heterocycles. The smallest absolute Gasteiger partial charge is 0.282 e. The van der Waals surface area contributed by atoms with E-state index >= 15 is 0 Å². The number of hydrogen-bond donors (Lipinski definition) is 1. The highest BCUT2D eigenvalue weighted by atomic mass is 32.2. The SMILES string of the molecule is CC1CCN(S(=O)(=O)N(C)C2CCCCC2)CC1N. The summed E-state index contributed by atoms with van der Waals surface area (Å²) in [6, 6.07) is 0.137. The topological polar surface area (TPSA) is 66.6 Å². The van der Waals surface area contributed by atoms with Gasteiger partial charge >= 0.3 is 0 Å². The first-order chi connectivity index (χ1) is 8.93. The molecule has 0 bridgehead atoms. The number of nitrogens with zero attached hydrogens (tertiary/aromatic N) is 2. The van der Waals surface area contributed by atoms with Crippen LogP contribution in [-0.4, -0.2) is 49.2 Å². The Morgan fingerprint density at radius 2 is 1.79 bits per heavy atom. The van der Waals surface area contributed by atoms with Gasteiger partial charge in [-0.3, -0.25) is 0 Å². The minimum absolute atomic E-state index is 0.0386. The Hall–Kier alpha value is -0.170. The van der Waals surface area contributed by atoms with Crippen molar-refractivity contribution in [3.05, 3.63) is 0 Å². The molecule has 1 heterocycles. The summed E-state index contributed by atoms with van der Waals surface area (Å²) in [7, 11) is -1.60. The fourth-order valence-electron chi connectivity index (χ4n) is 3.09. The zero-order valence-corrected chi connectivity index (χ0v) is 12.9. The van der Waals surface area contributed by atoms with Crippen molar-refractivity contribution in [1.29, 1.82) is 0 Å². The van der Waals surface area contributed by atoms with Crippen LogP contribution in [0.3, 0.4) is 0 Å². The molecule has 1 saturated carbocycles. The van der Waals surface area contributed by atoms with Crippen LogP contribution in [0.25, 0.3) is 0 Å². The van der Waals surface area contributed by atoms with Gasteiger partial charge in [0.05, 0.1) is 0 Å². The van der Waals surface area contributed by atoms with Crippen LogP contribution in [0.4, 0.5) is 0 Å². The molecule has 0 amide bonds. The van der Waals surface area contributed by atoms with Gasteiger partial charge in [-0.25, -0.2) is 0 Å². The van der Waals surface area contributed by atoms with Gasteiger partial charge in [0.1, 0.15) is 0 Å². The summed E-state index contributed by atoms with van der Waals surface area (Å²) >= 11 is 0. The largest absolute Gasteiger partial charge is 0.326 e. The molecule has 0 aromatic carbocycles. The summed E-state index contributed by atoms with van der Waals surface area (Å²) in [6.45, 7) is 3.16. The summed E-state index contributed by atoms with van der Waals surface area (Å²) in [4.78, 5) is 0. The van der Waals surface area contributed by atoms with Crippen molar-refractivity contribution in [2.75, 3.05) is 20.1 Å².